The van der Waals surface area contributed by atoms with Gasteiger partial charge in [0, 0.05) is 30.3 Å². The summed E-state index contributed by atoms with van der Waals surface area (Å²) in [6, 6.07) is 6.20. The summed E-state index contributed by atoms with van der Waals surface area (Å²) in [5.41, 5.74) is 6.40. The van der Waals surface area contributed by atoms with E-state index in [1.54, 1.807) is 0 Å². The van der Waals surface area contributed by atoms with Crippen molar-refractivity contribution in [1.82, 2.24) is 15.4 Å². The molecule has 26 heavy (non-hydrogen) atoms. The molecule has 0 aliphatic heterocycles. The van der Waals surface area contributed by atoms with Crippen molar-refractivity contribution in [3.8, 4) is 0 Å². The number of rotatable bonds is 7. The number of aromatic nitrogens is 2. The average Bonchev–Trinajstić information content (AvgIpc) is 3.16. The quantitative estimate of drug-likeness (QED) is 0.620. The van der Waals surface area contributed by atoms with Gasteiger partial charge in [-0.2, -0.15) is 4.98 Å². The van der Waals surface area contributed by atoms with E-state index in [0.717, 1.165) is 34.3 Å². The molecule has 0 saturated heterocycles. The molecule has 7 heteroatoms. The van der Waals surface area contributed by atoms with Crippen molar-refractivity contribution in [2.75, 3.05) is 29.2 Å². The zero-order valence-corrected chi connectivity index (χ0v) is 16.4. The van der Waals surface area contributed by atoms with E-state index in [-0.39, 0.29) is 0 Å². The fourth-order valence-electron chi connectivity index (χ4n) is 3.39. The first-order chi connectivity index (χ1) is 12.6. The van der Waals surface area contributed by atoms with Crippen LogP contribution >= 0.6 is 11.6 Å². The summed E-state index contributed by atoms with van der Waals surface area (Å²) in [7, 11) is 1.90. The molecule has 1 aliphatic rings. The molecule has 3 rings (SSSR count). The molecule has 0 radical (unpaired) electrons. The summed E-state index contributed by atoms with van der Waals surface area (Å²) in [5, 5.41) is 9.46. The van der Waals surface area contributed by atoms with Crippen LogP contribution in [0.3, 0.4) is 0 Å². The van der Waals surface area contributed by atoms with E-state index in [4.69, 9.17) is 16.6 Å². The highest BCUT2D eigenvalue weighted by atomic mass is 35.5. The van der Waals surface area contributed by atoms with Crippen LogP contribution in [0.4, 0.5) is 23.1 Å². The molecular formula is C19H27ClN6. The average molecular weight is 375 g/mol. The Balaban J connectivity index is 1.92. The van der Waals surface area contributed by atoms with E-state index in [1.807, 2.05) is 38.4 Å². The van der Waals surface area contributed by atoms with Gasteiger partial charge in [-0.15, -0.1) is 0 Å². The van der Waals surface area contributed by atoms with Crippen molar-refractivity contribution >= 4 is 34.7 Å². The Hall–Kier alpha value is -2.05. The second-order valence-electron chi connectivity index (χ2n) is 6.59. The van der Waals surface area contributed by atoms with Crippen molar-refractivity contribution in [3.05, 3.63) is 35.0 Å². The van der Waals surface area contributed by atoms with Gasteiger partial charge in [-0.3, -0.25) is 5.01 Å². The van der Waals surface area contributed by atoms with Crippen LogP contribution in [0.1, 0.15) is 38.2 Å². The summed E-state index contributed by atoms with van der Waals surface area (Å²) < 4.78 is 0. The number of nitrogens with one attached hydrogen (secondary N) is 3. The van der Waals surface area contributed by atoms with E-state index >= 15 is 0 Å². The first-order valence-electron chi connectivity index (χ1n) is 9.23. The van der Waals surface area contributed by atoms with Crippen LogP contribution in [-0.2, 0) is 0 Å². The minimum atomic E-state index is 0.460. The third kappa shape index (κ3) is 4.19. The molecular weight excluding hydrogens is 348 g/mol. The lowest BCUT2D eigenvalue weighted by Gasteiger charge is -2.31. The highest BCUT2D eigenvalue weighted by molar-refractivity contribution is 6.30. The van der Waals surface area contributed by atoms with Crippen LogP contribution in [0.2, 0.25) is 5.02 Å². The topological polar surface area (TPSA) is 65.1 Å². The first-order valence-corrected chi connectivity index (χ1v) is 9.61. The lowest BCUT2D eigenvalue weighted by Crippen LogP contribution is -2.45. The Morgan fingerprint density at radius 1 is 1.23 bits per heavy atom. The third-order valence-corrected chi connectivity index (χ3v) is 4.95. The summed E-state index contributed by atoms with van der Waals surface area (Å²) >= 11 is 6.05. The maximum Gasteiger partial charge on any atom is 0.229 e. The fourth-order valence-corrected chi connectivity index (χ4v) is 3.62. The molecule has 140 valence electrons. The standard InChI is InChI=1S/C19H27ClN6/c1-4-23-26(15-7-5-6-8-15)18-17(21-3)12-22-19(25-18)24-16-10-9-14(20)11-13(16)2/h9-12,15,21,23H,4-8H2,1-3H3,(H,22,24,25). The van der Waals surface area contributed by atoms with Gasteiger partial charge in [-0.05, 0) is 43.5 Å². The largest absolute Gasteiger partial charge is 0.384 e. The van der Waals surface area contributed by atoms with Gasteiger partial charge in [0.05, 0.1) is 11.9 Å². The fraction of sp³-hybridized carbons (Fsp3) is 0.474. The minimum Gasteiger partial charge on any atom is -0.384 e. The monoisotopic (exact) mass is 374 g/mol. The zero-order valence-electron chi connectivity index (χ0n) is 15.6. The summed E-state index contributed by atoms with van der Waals surface area (Å²) in [4.78, 5) is 9.28. The SMILES string of the molecule is CCNN(c1nc(Nc2ccc(Cl)cc2C)ncc1NC)C1CCCC1. The summed E-state index contributed by atoms with van der Waals surface area (Å²) in [6.45, 7) is 4.97. The minimum absolute atomic E-state index is 0.460. The van der Waals surface area contributed by atoms with Gasteiger partial charge in [0.1, 0.15) is 0 Å². The van der Waals surface area contributed by atoms with Gasteiger partial charge in [-0.1, -0.05) is 31.4 Å². The molecule has 0 unspecified atom stereocenters. The number of hydrogen-bond acceptors (Lipinski definition) is 6. The number of benzene rings is 1. The molecule has 2 aromatic rings. The van der Waals surface area contributed by atoms with Gasteiger partial charge in [0.25, 0.3) is 0 Å². The van der Waals surface area contributed by atoms with Crippen LogP contribution in [0, 0.1) is 6.92 Å². The smallest absolute Gasteiger partial charge is 0.229 e. The maximum atomic E-state index is 6.05. The van der Waals surface area contributed by atoms with Crippen molar-refractivity contribution < 1.29 is 0 Å². The van der Waals surface area contributed by atoms with Crippen LogP contribution < -0.4 is 21.1 Å². The Morgan fingerprint density at radius 2 is 2.00 bits per heavy atom. The normalized spacial score (nSPS) is 14.5. The molecule has 0 amide bonds. The van der Waals surface area contributed by atoms with Crippen LogP contribution in [-0.4, -0.2) is 29.6 Å². The molecule has 0 atom stereocenters. The predicted octanol–water partition coefficient (Wildman–Crippen LogP) is 4.50. The third-order valence-electron chi connectivity index (χ3n) is 4.72. The molecule has 1 aliphatic carbocycles. The first kappa shape index (κ1) is 18.7. The van der Waals surface area contributed by atoms with E-state index in [1.165, 1.54) is 25.7 Å². The second kappa shape index (κ2) is 8.56. The van der Waals surface area contributed by atoms with Gasteiger partial charge < -0.3 is 10.6 Å². The summed E-state index contributed by atoms with van der Waals surface area (Å²) in [5.74, 6) is 1.45. The van der Waals surface area contributed by atoms with Gasteiger partial charge in [0.15, 0.2) is 5.82 Å². The molecule has 3 N–H and O–H groups in total. The highest BCUT2D eigenvalue weighted by Crippen LogP contribution is 2.31. The number of hydrogen-bond donors (Lipinski definition) is 3. The second-order valence-corrected chi connectivity index (χ2v) is 7.02. The molecule has 1 aromatic heterocycles. The molecule has 0 bridgehead atoms. The van der Waals surface area contributed by atoms with Crippen molar-refractivity contribution in [2.45, 2.75) is 45.6 Å². The predicted molar refractivity (Wildman–Crippen MR) is 109 cm³/mol. The van der Waals surface area contributed by atoms with E-state index in [2.05, 4.69) is 33.0 Å². The number of nitrogens with zero attached hydrogens (tertiary/aromatic N) is 3. The molecule has 1 saturated carbocycles. The van der Waals surface area contributed by atoms with Crippen LogP contribution in [0.25, 0.3) is 0 Å². The molecule has 1 aromatic carbocycles. The molecule has 1 fully saturated rings. The lowest BCUT2D eigenvalue weighted by molar-refractivity contribution is 0.524. The van der Waals surface area contributed by atoms with E-state index in [9.17, 15) is 0 Å². The maximum absolute atomic E-state index is 6.05. The molecule has 1 heterocycles. The van der Waals surface area contributed by atoms with E-state index in [0.29, 0.717) is 12.0 Å². The van der Waals surface area contributed by atoms with Crippen molar-refractivity contribution in [3.63, 3.8) is 0 Å². The van der Waals surface area contributed by atoms with Gasteiger partial charge >= 0.3 is 0 Å². The van der Waals surface area contributed by atoms with Gasteiger partial charge in [0.2, 0.25) is 5.95 Å². The van der Waals surface area contributed by atoms with Crippen molar-refractivity contribution in [2.24, 2.45) is 0 Å². The lowest BCUT2D eigenvalue weighted by atomic mass is 10.2. The number of aryl methyl sites for hydroxylation is 1. The van der Waals surface area contributed by atoms with Gasteiger partial charge in [-0.25, -0.2) is 10.4 Å². The van der Waals surface area contributed by atoms with E-state index < -0.39 is 0 Å². The van der Waals surface area contributed by atoms with Crippen LogP contribution in [0.15, 0.2) is 24.4 Å². The number of anilines is 4. The highest BCUT2D eigenvalue weighted by Gasteiger charge is 2.26. The Kier molecular flexibility index (Phi) is 6.16. The molecule has 6 nitrogen and oxygen atoms in total. The Bertz CT molecular complexity index is 745. The zero-order chi connectivity index (χ0) is 18.5. The molecule has 0 spiro atoms. The number of halogens is 1. The Labute approximate surface area is 160 Å². The van der Waals surface area contributed by atoms with Crippen LogP contribution in [0.5, 0.6) is 0 Å². The summed E-state index contributed by atoms with van der Waals surface area (Å²) in [6.07, 6.45) is 6.72. The van der Waals surface area contributed by atoms with Crippen molar-refractivity contribution in [1.29, 1.82) is 0 Å². The number of hydrazine groups is 1. The Morgan fingerprint density at radius 3 is 2.65 bits per heavy atom.